The number of guanidine groups is 1. The first-order valence-corrected chi connectivity index (χ1v) is 9.62. The summed E-state index contributed by atoms with van der Waals surface area (Å²) in [5.41, 5.74) is 1.58. The molecule has 2 heterocycles. The average Bonchev–Trinajstić information content (AvgIpc) is 3.42. The SMILES string of the molecule is CCNC(=NCc1ccc(COCC(F)(F)F)cc1)NCc1nc(-c2ccco2)n[nH]1.I. The molecule has 0 amide bonds. The van der Waals surface area contributed by atoms with Crippen LogP contribution in [0.1, 0.15) is 23.9 Å². The van der Waals surface area contributed by atoms with Crippen molar-refractivity contribution >= 4 is 29.9 Å². The Morgan fingerprint density at radius 2 is 1.91 bits per heavy atom. The van der Waals surface area contributed by atoms with Crippen molar-refractivity contribution in [2.45, 2.75) is 32.8 Å². The predicted octanol–water partition coefficient (Wildman–Crippen LogP) is 4.02. The Kier molecular flexibility index (Phi) is 9.97. The molecule has 0 saturated carbocycles. The molecule has 0 bridgehead atoms. The molecule has 0 spiro atoms. The van der Waals surface area contributed by atoms with Gasteiger partial charge in [-0.15, -0.1) is 29.1 Å². The second kappa shape index (κ2) is 12.4. The van der Waals surface area contributed by atoms with Crippen molar-refractivity contribution < 1.29 is 22.3 Å². The van der Waals surface area contributed by atoms with E-state index in [9.17, 15) is 13.2 Å². The van der Waals surface area contributed by atoms with E-state index < -0.39 is 12.8 Å². The van der Waals surface area contributed by atoms with E-state index in [4.69, 9.17) is 4.42 Å². The molecule has 0 radical (unpaired) electrons. The molecular weight excluding hydrogens is 540 g/mol. The molecule has 174 valence electrons. The fourth-order valence-corrected chi connectivity index (χ4v) is 2.60. The first kappa shape index (κ1) is 25.6. The first-order valence-electron chi connectivity index (χ1n) is 9.62. The summed E-state index contributed by atoms with van der Waals surface area (Å²) in [6.45, 7) is 2.06. The maximum atomic E-state index is 12.1. The topological polar surface area (TPSA) is 100 Å². The number of nitrogens with one attached hydrogen (secondary N) is 3. The minimum Gasteiger partial charge on any atom is -0.461 e. The number of H-pyrrole nitrogens is 1. The van der Waals surface area contributed by atoms with Crippen molar-refractivity contribution in [3.8, 4) is 11.6 Å². The summed E-state index contributed by atoms with van der Waals surface area (Å²) in [6, 6.07) is 10.6. The molecule has 32 heavy (non-hydrogen) atoms. The summed E-state index contributed by atoms with van der Waals surface area (Å²) in [5, 5.41) is 13.3. The van der Waals surface area contributed by atoms with E-state index in [1.54, 1.807) is 30.5 Å². The largest absolute Gasteiger partial charge is 0.461 e. The van der Waals surface area contributed by atoms with Gasteiger partial charge in [-0.25, -0.2) is 9.98 Å². The third-order valence-electron chi connectivity index (χ3n) is 4.02. The van der Waals surface area contributed by atoms with E-state index >= 15 is 0 Å². The minimum atomic E-state index is -4.32. The van der Waals surface area contributed by atoms with Crippen LogP contribution in [0, 0.1) is 0 Å². The number of ether oxygens (including phenoxy) is 1. The molecule has 2 aromatic heterocycles. The number of rotatable bonds is 9. The minimum absolute atomic E-state index is 0. The molecule has 3 aromatic rings. The fraction of sp³-hybridized carbons (Fsp3) is 0.350. The number of alkyl halides is 3. The van der Waals surface area contributed by atoms with E-state index in [1.165, 1.54) is 0 Å². The zero-order chi connectivity index (χ0) is 22.1. The predicted molar refractivity (Wildman–Crippen MR) is 123 cm³/mol. The van der Waals surface area contributed by atoms with E-state index in [-0.39, 0.29) is 30.6 Å². The highest BCUT2D eigenvalue weighted by Crippen LogP contribution is 2.16. The molecule has 12 heteroatoms. The lowest BCUT2D eigenvalue weighted by Crippen LogP contribution is -2.37. The quantitative estimate of drug-likeness (QED) is 0.206. The van der Waals surface area contributed by atoms with Gasteiger partial charge in [-0.05, 0) is 30.2 Å². The highest BCUT2D eigenvalue weighted by atomic mass is 127. The molecule has 0 aliphatic rings. The van der Waals surface area contributed by atoms with E-state index in [1.807, 2.05) is 19.1 Å². The van der Waals surface area contributed by atoms with Gasteiger partial charge in [-0.1, -0.05) is 24.3 Å². The number of aromatic nitrogens is 3. The van der Waals surface area contributed by atoms with Crippen molar-refractivity contribution in [3.63, 3.8) is 0 Å². The normalized spacial score (nSPS) is 11.8. The van der Waals surface area contributed by atoms with Crippen molar-refractivity contribution in [2.75, 3.05) is 13.2 Å². The third kappa shape index (κ3) is 8.49. The lowest BCUT2D eigenvalue weighted by atomic mass is 10.1. The van der Waals surface area contributed by atoms with Crippen LogP contribution in [0.5, 0.6) is 0 Å². The van der Waals surface area contributed by atoms with Crippen LogP contribution in [0.2, 0.25) is 0 Å². The molecule has 3 rings (SSSR count). The lowest BCUT2D eigenvalue weighted by Gasteiger charge is -2.10. The van der Waals surface area contributed by atoms with Gasteiger partial charge in [-0.3, -0.25) is 5.10 Å². The Labute approximate surface area is 200 Å². The van der Waals surface area contributed by atoms with Crippen LogP contribution < -0.4 is 10.6 Å². The molecule has 8 nitrogen and oxygen atoms in total. The second-order valence-electron chi connectivity index (χ2n) is 6.56. The van der Waals surface area contributed by atoms with Gasteiger partial charge in [0, 0.05) is 6.54 Å². The maximum absolute atomic E-state index is 12.1. The smallest absolute Gasteiger partial charge is 0.411 e. The molecule has 0 atom stereocenters. The summed E-state index contributed by atoms with van der Waals surface area (Å²) in [7, 11) is 0. The summed E-state index contributed by atoms with van der Waals surface area (Å²) >= 11 is 0. The Morgan fingerprint density at radius 1 is 1.16 bits per heavy atom. The fourth-order valence-electron chi connectivity index (χ4n) is 2.60. The Morgan fingerprint density at radius 3 is 2.56 bits per heavy atom. The highest BCUT2D eigenvalue weighted by Gasteiger charge is 2.27. The zero-order valence-electron chi connectivity index (χ0n) is 17.3. The van der Waals surface area contributed by atoms with Gasteiger partial charge < -0.3 is 19.8 Å². The molecule has 0 aliphatic heterocycles. The van der Waals surface area contributed by atoms with Crippen molar-refractivity contribution in [3.05, 3.63) is 59.6 Å². The molecule has 0 unspecified atom stereocenters. The number of aliphatic imine (C=N–C) groups is 1. The monoisotopic (exact) mass is 564 g/mol. The number of halogens is 4. The molecule has 1 aromatic carbocycles. The highest BCUT2D eigenvalue weighted by molar-refractivity contribution is 14.0. The van der Waals surface area contributed by atoms with Gasteiger partial charge in [0.25, 0.3) is 0 Å². The number of aromatic amines is 1. The molecule has 0 aliphatic carbocycles. The molecule has 0 saturated heterocycles. The van der Waals surface area contributed by atoms with Crippen molar-refractivity contribution in [1.82, 2.24) is 25.8 Å². The van der Waals surface area contributed by atoms with Crippen LogP contribution >= 0.6 is 24.0 Å². The average molecular weight is 564 g/mol. The third-order valence-corrected chi connectivity index (χ3v) is 4.02. The van der Waals surface area contributed by atoms with Crippen LogP contribution in [0.25, 0.3) is 11.6 Å². The number of hydrogen-bond acceptors (Lipinski definition) is 5. The standard InChI is InChI=1S/C20H23F3N6O2.HI/c1-2-24-19(26-11-17-27-18(29-28-17)16-4-3-9-31-16)25-10-14-5-7-15(8-6-14)12-30-13-20(21,22)23;/h3-9H,2,10-13H2,1H3,(H2,24,25,26)(H,27,28,29);1H. The van der Waals surface area contributed by atoms with Gasteiger partial charge in [0.05, 0.1) is 26.0 Å². The first-order chi connectivity index (χ1) is 14.9. The van der Waals surface area contributed by atoms with Gasteiger partial charge >= 0.3 is 6.18 Å². The summed E-state index contributed by atoms with van der Waals surface area (Å²) in [5.74, 6) is 2.27. The van der Waals surface area contributed by atoms with Crippen LogP contribution in [0.4, 0.5) is 13.2 Å². The Hall–Kier alpha value is -2.61. The lowest BCUT2D eigenvalue weighted by molar-refractivity contribution is -0.176. The van der Waals surface area contributed by atoms with Crippen molar-refractivity contribution in [2.24, 2.45) is 4.99 Å². The van der Waals surface area contributed by atoms with Crippen LogP contribution in [-0.4, -0.2) is 40.5 Å². The summed E-state index contributed by atoms with van der Waals surface area (Å²) in [4.78, 5) is 8.88. The molecule has 0 fully saturated rings. The van der Waals surface area contributed by atoms with Crippen LogP contribution in [-0.2, 0) is 24.4 Å². The Bertz CT molecular complexity index is 959. The van der Waals surface area contributed by atoms with E-state index in [0.717, 1.165) is 5.56 Å². The van der Waals surface area contributed by atoms with Crippen LogP contribution in [0.3, 0.4) is 0 Å². The van der Waals surface area contributed by atoms with E-state index in [2.05, 4.69) is 35.5 Å². The second-order valence-corrected chi connectivity index (χ2v) is 6.56. The van der Waals surface area contributed by atoms with E-state index in [0.29, 0.717) is 48.6 Å². The summed E-state index contributed by atoms with van der Waals surface area (Å²) in [6.07, 6.45) is -2.77. The van der Waals surface area contributed by atoms with Crippen LogP contribution in [0.15, 0.2) is 52.1 Å². The summed E-state index contributed by atoms with van der Waals surface area (Å²) < 4.78 is 46.3. The van der Waals surface area contributed by atoms with Gasteiger partial charge in [0.15, 0.2) is 11.7 Å². The maximum Gasteiger partial charge on any atom is 0.411 e. The van der Waals surface area contributed by atoms with Gasteiger partial charge in [0.1, 0.15) is 12.4 Å². The number of nitrogens with zero attached hydrogens (tertiary/aromatic N) is 3. The molecular formula is C20H24F3IN6O2. The van der Waals surface area contributed by atoms with Crippen molar-refractivity contribution in [1.29, 1.82) is 0 Å². The number of benzene rings is 1. The molecule has 3 N–H and O–H groups in total. The Balaban J connectivity index is 0.00000363. The zero-order valence-corrected chi connectivity index (χ0v) is 19.6. The van der Waals surface area contributed by atoms with Gasteiger partial charge in [0.2, 0.25) is 5.82 Å². The van der Waals surface area contributed by atoms with Gasteiger partial charge in [-0.2, -0.15) is 13.2 Å². The number of furan rings is 1. The number of hydrogen-bond donors (Lipinski definition) is 3.